The highest BCUT2D eigenvalue weighted by atomic mass is 32.2. The number of sulfonamides is 1. The lowest BCUT2D eigenvalue weighted by atomic mass is 10.3. The standard InChI is InChI=1S/C12H16F2N2O2S2/c1-19-11-4-2-3-10(11)16-20(17,18)12-6-9(15)7(13)5-8(12)14/h5-6,10-11,16H,2-4,15H2,1H3. The van der Waals surface area contributed by atoms with E-state index in [0.717, 1.165) is 18.9 Å². The maximum atomic E-state index is 13.7. The second-order valence-corrected chi connectivity index (χ2v) is 7.50. The van der Waals surface area contributed by atoms with Gasteiger partial charge in [-0.3, -0.25) is 0 Å². The number of nitrogens with two attached hydrogens (primary N) is 1. The largest absolute Gasteiger partial charge is 0.396 e. The molecule has 2 unspecified atom stereocenters. The second kappa shape index (κ2) is 5.87. The third kappa shape index (κ3) is 3.07. The van der Waals surface area contributed by atoms with Crippen LogP contribution < -0.4 is 10.5 Å². The summed E-state index contributed by atoms with van der Waals surface area (Å²) in [5.74, 6) is -2.10. The quantitative estimate of drug-likeness (QED) is 0.833. The van der Waals surface area contributed by atoms with E-state index in [1.807, 2.05) is 6.26 Å². The molecule has 1 fully saturated rings. The molecule has 20 heavy (non-hydrogen) atoms. The van der Waals surface area contributed by atoms with Gasteiger partial charge in [0.1, 0.15) is 16.5 Å². The summed E-state index contributed by atoms with van der Waals surface area (Å²) in [4.78, 5) is -0.608. The van der Waals surface area contributed by atoms with E-state index in [4.69, 9.17) is 5.73 Å². The topological polar surface area (TPSA) is 72.2 Å². The summed E-state index contributed by atoms with van der Waals surface area (Å²) in [6.07, 6.45) is 4.46. The third-order valence-corrected chi connectivity index (χ3v) is 6.08. The van der Waals surface area contributed by atoms with Gasteiger partial charge in [0.05, 0.1) is 5.69 Å². The number of anilines is 1. The lowest BCUT2D eigenvalue weighted by Crippen LogP contribution is -2.39. The average Bonchev–Trinajstić information content (AvgIpc) is 2.80. The Balaban J connectivity index is 2.29. The van der Waals surface area contributed by atoms with Crippen LogP contribution in [0, 0.1) is 11.6 Å². The van der Waals surface area contributed by atoms with Gasteiger partial charge in [-0.1, -0.05) is 6.42 Å². The maximum Gasteiger partial charge on any atom is 0.243 e. The minimum absolute atomic E-state index is 0.172. The highest BCUT2D eigenvalue weighted by Crippen LogP contribution is 2.30. The Bertz CT molecular complexity index is 608. The number of hydrogen-bond acceptors (Lipinski definition) is 4. The van der Waals surface area contributed by atoms with Gasteiger partial charge in [-0.2, -0.15) is 11.8 Å². The summed E-state index contributed by atoms with van der Waals surface area (Å²) < 4.78 is 53.6. The van der Waals surface area contributed by atoms with E-state index >= 15 is 0 Å². The molecule has 0 radical (unpaired) electrons. The molecule has 0 saturated heterocycles. The lowest BCUT2D eigenvalue weighted by Gasteiger charge is -2.19. The van der Waals surface area contributed by atoms with Crippen molar-refractivity contribution in [2.24, 2.45) is 0 Å². The van der Waals surface area contributed by atoms with Gasteiger partial charge < -0.3 is 5.73 Å². The fourth-order valence-electron chi connectivity index (χ4n) is 2.36. The average molecular weight is 322 g/mol. The molecule has 0 bridgehead atoms. The number of thioether (sulfide) groups is 1. The van der Waals surface area contributed by atoms with E-state index in [0.29, 0.717) is 12.5 Å². The predicted molar refractivity (Wildman–Crippen MR) is 76.0 cm³/mol. The van der Waals surface area contributed by atoms with Crippen LogP contribution in [0.5, 0.6) is 0 Å². The van der Waals surface area contributed by atoms with Gasteiger partial charge in [-0.15, -0.1) is 0 Å². The second-order valence-electron chi connectivity index (χ2n) is 4.74. The first-order chi connectivity index (χ1) is 9.35. The maximum absolute atomic E-state index is 13.7. The summed E-state index contributed by atoms with van der Waals surface area (Å²) in [5, 5.41) is 0.172. The fourth-order valence-corrected chi connectivity index (χ4v) is 4.78. The van der Waals surface area contributed by atoms with E-state index < -0.39 is 26.6 Å². The van der Waals surface area contributed by atoms with Gasteiger partial charge >= 0.3 is 0 Å². The summed E-state index contributed by atoms with van der Waals surface area (Å²) in [6.45, 7) is 0. The molecule has 0 aliphatic heterocycles. The number of hydrogen-bond donors (Lipinski definition) is 2. The highest BCUT2D eigenvalue weighted by Gasteiger charge is 2.32. The molecular formula is C12H16F2N2O2S2. The molecular weight excluding hydrogens is 306 g/mol. The first kappa shape index (κ1) is 15.5. The van der Waals surface area contributed by atoms with Crippen molar-refractivity contribution in [3.05, 3.63) is 23.8 Å². The molecule has 2 atom stereocenters. The zero-order chi connectivity index (χ0) is 14.9. The van der Waals surface area contributed by atoms with Gasteiger partial charge in [0.25, 0.3) is 0 Å². The molecule has 0 heterocycles. The van der Waals surface area contributed by atoms with Crippen molar-refractivity contribution in [3.8, 4) is 0 Å². The predicted octanol–water partition coefficient (Wildman–Crippen LogP) is 2.11. The summed E-state index contributed by atoms with van der Waals surface area (Å²) >= 11 is 1.58. The van der Waals surface area contributed by atoms with E-state index in [1.54, 1.807) is 11.8 Å². The minimum Gasteiger partial charge on any atom is -0.396 e. The molecule has 2 rings (SSSR count). The lowest BCUT2D eigenvalue weighted by molar-refractivity contribution is 0.532. The van der Waals surface area contributed by atoms with Crippen LogP contribution in [0.3, 0.4) is 0 Å². The van der Waals surface area contributed by atoms with Crippen LogP contribution in [-0.4, -0.2) is 26.0 Å². The van der Waals surface area contributed by atoms with Crippen molar-refractivity contribution in [3.63, 3.8) is 0 Å². The number of nitrogens with one attached hydrogen (secondary N) is 1. The smallest absolute Gasteiger partial charge is 0.243 e. The molecule has 1 aromatic carbocycles. The van der Waals surface area contributed by atoms with Crippen LogP contribution in [0.25, 0.3) is 0 Å². The molecule has 1 aromatic rings. The van der Waals surface area contributed by atoms with Crippen LogP contribution in [0.2, 0.25) is 0 Å². The van der Waals surface area contributed by atoms with Crippen LogP contribution in [0.4, 0.5) is 14.5 Å². The van der Waals surface area contributed by atoms with E-state index in [-0.39, 0.29) is 17.0 Å². The number of halogens is 2. The minimum atomic E-state index is -4.04. The Labute approximate surface area is 121 Å². The van der Waals surface area contributed by atoms with Crippen LogP contribution in [0.1, 0.15) is 19.3 Å². The SMILES string of the molecule is CSC1CCCC1NS(=O)(=O)c1cc(N)c(F)cc1F. The number of rotatable bonds is 4. The highest BCUT2D eigenvalue weighted by molar-refractivity contribution is 7.99. The van der Waals surface area contributed by atoms with Gasteiger partial charge in [0.15, 0.2) is 0 Å². The summed E-state index contributed by atoms with van der Waals surface area (Å²) in [6, 6.07) is 1.07. The Morgan fingerprint density at radius 2 is 2.00 bits per heavy atom. The van der Waals surface area contributed by atoms with Crippen molar-refractivity contribution < 1.29 is 17.2 Å². The van der Waals surface area contributed by atoms with E-state index in [1.165, 1.54) is 0 Å². The fraction of sp³-hybridized carbons (Fsp3) is 0.500. The van der Waals surface area contributed by atoms with Crippen molar-refractivity contribution in [2.75, 3.05) is 12.0 Å². The van der Waals surface area contributed by atoms with E-state index in [2.05, 4.69) is 4.72 Å². The molecule has 8 heteroatoms. The van der Waals surface area contributed by atoms with Crippen molar-refractivity contribution in [2.45, 2.75) is 35.4 Å². The molecule has 1 aliphatic rings. The van der Waals surface area contributed by atoms with Crippen molar-refractivity contribution in [1.29, 1.82) is 0 Å². The van der Waals surface area contributed by atoms with Gasteiger partial charge in [0, 0.05) is 17.4 Å². The van der Waals surface area contributed by atoms with Crippen molar-refractivity contribution in [1.82, 2.24) is 4.72 Å². The molecule has 1 saturated carbocycles. The molecule has 0 amide bonds. The first-order valence-corrected chi connectivity index (χ1v) is 8.92. The van der Waals surface area contributed by atoms with Crippen molar-refractivity contribution >= 4 is 27.5 Å². The molecule has 0 aromatic heterocycles. The molecule has 0 spiro atoms. The first-order valence-electron chi connectivity index (χ1n) is 6.15. The molecule has 112 valence electrons. The Hall–Kier alpha value is -0.860. The van der Waals surface area contributed by atoms with Crippen LogP contribution in [-0.2, 0) is 10.0 Å². The zero-order valence-electron chi connectivity index (χ0n) is 10.9. The number of benzene rings is 1. The van der Waals surface area contributed by atoms with Crippen LogP contribution >= 0.6 is 11.8 Å². The summed E-state index contributed by atoms with van der Waals surface area (Å²) in [5.41, 5.74) is 4.92. The Morgan fingerprint density at radius 1 is 1.30 bits per heavy atom. The summed E-state index contributed by atoms with van der Waals surface area (Å²) in [7, 11) is -4.04. The van der Waals surface area contributed by atoms with E-state index in [9.17, 15) is 17.2 Å². The molecule has 3 N–H and O–H groups in total. The Kier molecular flexibility index (Phi) is 4.55. The third-order valence-electron chi connectivity index (χ3n) is 3.40. The Morgan fingerprint density at radius 3 is 2.65 bits per heavy atom. The normalized spacial score (nSPS) is 23.1. The van der Waals surface area contributed by atoms with Gasteiger partial charge in [-0.05, 0) is 25.2 Å². The molecule has 1 aliphatic carbocycles. The number of nitrogen functional groups attached to an aromatic ring is 1. The van der Waals surface area contributed by atoms with Gasteiger partial charge in [-0.25, -0.2) is 21.9 Å². The van der Waals surface area contributed by atoms with Gasteiger partial charge in [0.2, 0.25) is 10.0 Å². The monoisotopic (exact) mass is 322 g/mol. The van der Waals surface area contributed by atoms with Crippen LogP contribution in [0.15, 0.2) is 17.0 Å². The zero-order valence-corrected chi connectivity index (χ0v) is 12.5. The molecule has 4 nitrogen and oxygen atoms in total.